The minimum Gasteiger partial charge on any atom is -0.368 e. The molecule has 1 aliphatic heterocycles. The molecular formula is C10H16N4O. The van der Waals surface area contributed by atoms with E-state index in [1.165, 1.54) is 25.2 Å². The zero-order chi connectivity index (χ0) is 10.7. The van der Waals surface area contributed by atoms with Gasteiger partial charge >= 0.3 is 0 Å². The first-order chi connectivity index (χ1) is 7.25. The maximum absolute atomic E-state index is 11.0. The third kappa shape index (κ3) is 2.56. The molecule has 1 aromatic heterocycles. The van der Waals surface area contributed by atoms with Gasteiger partial charge in [-0.15, -0.1) is 0 Å². The van der Waals surface area contributed by atoms with Gasteiger partial charge in [0.2, 0.25) is 0 Å². The first-order valence-corrected chi connectivity index (χ1v) is 5.24. The highest BCUT2D eigenvalue weighted by Crippen LogP contribution is 2.14. The molecule has 1 fully saturated rings. The molecule has 2 heterocycles. The van der Waals surface area contributed by atoms with Gasteiger partial charge < -0.3 is 15.2 Å². The molecule has 2 rings (SSSR count). The van der Waals surface area contributed by atoms with Crippen LogP contribution in [0.2, 0.25) is 0 Å². The molecule has 0 aliphatic carbocycles. The van der Waals surface area contributed by atoms with Crippen LogP contribution in [0.1, 0.15) is 12.8 Å². The van der Waals surface area contributed by atoms with Gasteiger partial charge in [0, 0.05) is 18.7 Å². The van der Waals surface area contributed by atoms with Gasteiger partial charge in [0.05, 0.1) is 6.33 Å². The van der Waals surface area contributed by atoms with Gasteiger partial charge in [-0.3, -0.25) is 4.79 Å². The lowest BCUT2D eigenvalue weighted by atomic mass is 10.2. The number of H-pyrrole nitrogens is 1. The Kier molecular flexibility index (Phi) is 3.01. The van der Waals surface area contributed by atoms with Crippen molar-refractivity contribution in [2.75, 3.05) is 25.5 Å². The lowest BCUT2D eigenvalue weighted by molar-refractivity contribution is 0.322. The number of aromatic nitrogens is 2. The molecule has 0 saturated carbocycles. The van der Waals surface area contributed by atoms with Crippen LogP contribution in [0.5, 0.6) is 0 Å². The van der Waals surface area contributed by atoms with Crippen LogP contribution < -0.4 is 10.9 Å². The molecule has 5 heteroatoms. The van der Waals surface area contributed by atoms with E-state index in [1.807, 2.05) is 0 Å². The summed E-state index contributed by atoms with van der Waals surface area (Å²) in [6.07, 6.45) is 3.89. The topological polar surface area (TPSA) is 61.0 Å². The standard InChI is InChI=1S/C10H16N4O/c1-14-4-2-3-8(14)6-11-9-5-10(15)13-7-12-9/h5,7-8H,2-4,6H2,1H3,(H2,11,12,13,15). The number of hydrogen-bond donors (Lipinski definition) is 2. The Morgan fingerprint density at radius 2 is 2.60 bits per heavy atom. The van der Waals surface area contributed by atoms with Crippen molar-refractivity contribution in [3.63, 3.8) is 0 Å². The van der Waals surface area contributed by atoms with E-state index in [2.05, 4.69) is 27.2 Å². The van der Waals surface area contributed by atoms with Crippen LogP contribution in [0.3, 0.4) is 0 Å². The second-order valence-electron chi connectivity index (χ2n) is 3.95. The maximum atomic E-state index is 11.0. The normalized spacial score (nSPS) is 21.8. The molecular weight excluding hydrogens is 192 g/mol. The number of anilines is 1. The van der Waals surface area contributed by atoms with Gasteiger partial charge in [-0.25, -0.2) is 4.98 Å². The van der Waals surface area contributed by atoms with Crippen molar-refractivity contribution in [3.05, 3.63) is 22.7 Å². The Labute approximate surface area is 88.5 Å². The molecule has 82 valence electrons. The largest absolute Gasteiger partial charge is 0.368 e. The first-order valence-electron chi connectivity index (χ1n) is 5.24. The van der Waals surface area contributed by atoms with Crippen LogP contribution in [0.4, 0.5) is 5.82 Å². The van der Waals surface area contributed by atoms with Gasteiger partial charge in [0.15, 0.2) is 0 Å². The van der Waals surface area contributed by atoms with E-state index in [-0.39, 0.29) is 5.56 Å². The van der Waals surface area contributed by atoms with E-state index in [1.54, 1.807) is 0 Å². The van der Waals surface area contributed by atoms with Crippen LogP contribution in [0.15, 0.2) is 17.2 Å². The summed E-state index contributed by atoms with van der Waals surface area (Å²) in [4.78, 5) is 19.9. The highest BCUT2D eigenvalue weighted by molar-refractivity contribution is 5.31. The highest BCUT2D eigenvalue weighted by Gasteiger charge is 2.20. The van der Waals surface area contributed by atoms with Crippen molar-refractivity contribution < 1.29 is 0 Å². The predicted molar refractivity (Wildman–Crippen MR) is 59.0 cm³/mol. The summed E-state index contributed by atoms with van der Waals surface area (Å²) < 4.78 is 0. The summed E-state index contributed by atoms with van der Waals surface area (Å²) in [5.41, 5.74) is -0.118. The van der Waals surface area contributed by atoms with Crippen LogP contribution in [0.25, 0.3) is 0 Å². The SMILES string of the molecule is CN1CCCC1CNc1cc(=O)[nH]cn1. The van der Waals surface area contributed by atoms with Crippen molar-refractivity contribution in [2.45, 2.75) is 18.9 Å². The zero-order valence-electron chi connectivity index (χ0n) is 8.86. The summed E-state index contributed by atoms with van der Waals surface area (Å²) in [5.74, 6) is 0.652. The van der Waals surface area contributed by atoms with Crippen molar-refractivity contribution in [3.8, 4) is 0 Å². The van der Waals surface area contributed by atoms with E-state index in [0.717, 1.165) is 13.1 Å². The maximum Gasteiger partial charge on any atom is 0.252 e. The Morgan fingerprint density at radius 1 is 1.73 bits per heavy atom. The number of likely N-dealkylation sites (tertiary alicyclic amines) is 1. The third-order valence-corrected chi connectivity index (χ3v) is 2.87. The lowest BCUT2D eigenvalue weighted by Gasteiger charge is -2.19. The average molecular weight is 208 g/mol. The van der Waals surface area contributed by atoms with Gasteiger partial charge in [-0.2, -0.15) is 0 Å². The van der Waals surface area contributed by atoms with Gasteiger partial charge in [-0.1, -0.05) is 0 Å². The molecule has 1 aliphatic rings. The minimum absolute atomic E-state index is 0.118. The second-order valence-corrected chi connectivity index (χ2v) is 3.95. The fourth-order valence-electron chi connectivity index (χ4n) is 1.92. The highest BCUT2D eigenvalue weighted by atomic mass is 16.1. The van der Waals surface area contributed by atoms with E-state index in [0.29, 0.717) is 11.9 Å². The molecule has 0 bridgehead atoms. The van der Waals surface area contributed by atoms with Crippen molar-refractivity contribution >= 4 is 5.82 Å². The Bertz CT molecular complexity index is 376. The molecule has 0 spiro atoms. The summed E-state index contributed by atoms with van der Waals surface area (Å²) in [6, 6.07) is 2.04. The lowest BCUT2D eigenvalue weighted by Crippen LogP contribution is -2.31. The number of aromatic amines is 1. The van der Waals surface area contributed by atoms with Crippen molar-refractivity contribution in [1.82, 2.24) is 14.9 Å². The number of hydrogen-bond acceptors (Lipinski definition) is 4. The van der Waals surface area contributed by atoms with E-state index < -0.39 is 0 Å². The zero-order valence-corrected chi connectivity index (χ0v) is 8.86. The molecule has 0 radical (unpaired) electrons. The average Bonchev–Trinajstić information content (AvgIpc) is 2.61. The molecule has 2 N–H and O–H groups in total. The molecule has 1 aromatic rings. The van der Waals surface area contributed by atoms with E-state index in [4.69, 9.17) is 0 Å². The molecule has 0 aromatic carbocycles. The molecule has 15 heavy (non-hydrogen) atoms. The quantitative estimate of drug-likeness (QED) is 0.749. The van der Waals surface area contributed by atoms with Gasteiger partial charge in [0.1, 0.15) is 5.82 Å². The number of rotatable bonds is 3. The monoisotopic (exact) mass is 208 g/mol. The Hall–Kier alpha value is -1.36. The number of nitrogens with zero attached hydrogens (tertiary/aromatic N) is 2. The van der Waals surface area contributed by atoms with Crippen LogP contribution >= 0.6 is 0 Å². The van der Waals surface area contributed by atoms with E-state index in [9.17, 15) is 4.79 Å². The number of likely N-dealkylation sites (N-methyl/N-ethyl adjacent to an activating group) is 1. The van der Waals surface area contributed by atoms with Crippen LogP contribution in [-0.4, -0.2) is 41.0 Å². The van der Waals surface area contributed by atoms with E-state index >= 15 is 0 Å². The van der Waals surface area contributed by atoms with Crippen LogP contribution in [-0.2, 0) is 0 Å². The Balaban J connectivity index is 1.90. The molecule has 0 amide bonds. The Morgan fingerprint density at radius 3 is 3.27 bits per heavy atom. The molecule has 1 unspecified atom stereocenters. The third-order valence-electron chi connectivity index (χ3n) is 2.87. The summed E-state index contributed by atoms with van der Waals surface area (Å²) >= 11 is 0. The fourth-order valence-corrected chi connectivity index (χ4v) is 1.92. The minimum atomic E-state index is -0.118. The summed E-state index contributed by atoms with van der Waals surface area (Å²) in [7, 11) is 2.13. The molecule has 1 saturated heterocycles. The first kappa shape index (κ1) is 10.2. The predicted octanol–water partition coefficient (Wildman–Crippen LogP) is 0.276. The molecule has 1 atom stereocenters. The summed E-state index contributed by atoms with van der Waals surface area (Å²) in [6.45, 7) is 2.02. The van der Waals surface area contributed by atoms with Crippen molar-refractivity contribution in [2.24, 2.45) is 0 Å². The van der Waals surface area contributed by atoms with Crippen LogP contribution in [0, 0.1) is 0 Å². The fraction of sp³-hybridized carbons (Fsp3) is 0.600. The number of nitrogens with one attached hydrogen (secondary N) is 2. The smallest absolute Gasteiger partial charge is 0.252 e. The molecule has 5 nitrogen and oxygen atoms in total. The second kappa shape index (κ2) is 4.44. The van der Waals surface area contributed by atoms with Gasteiger partial charge in [0.25, 0.3) is 5.56 Å². The van der Waals surface area contributed by atoms with Gasteiger partial charge in [-0.05, 0) is 26.4 Å². The summed E-state index contributed by atoms with van der Waals surface area (Å²) in [5, 5.41) is 3.19. The van der Waals surface area contributed by atoms with Crippen molar-refractivity contribution in [1.29, 1.82) is 0 Å².